The van der Waals surface area contributed by atoms with Gasteiger partial charge in [0, 0.05) is 12.3 Å². The van der Waals surface area contributed by atoms with Crippen molar-refractivity contribution in [3.05, 3.63) is 11.6 Å². The molecule has 5 heterocycles. The van der Waals surface area contributed by atoms with Gasteiger partial charge in [0.1, 0.15) is 61.0 Å². The molecule has 8 fully saturated rings. The molecule has 5 saturated heterocycles. The van der Waals surface area contributed by atoms with Crippen molar-refractivity contribution in [1.82, 2.24) is 0 Å². The third kappa shape index (κ3) is 7.41. The molecule has 9 rings (SSSR count). The molecular formula is C44H70O17. The van der Waals surface area contributed by atoms with Gasteiger partial charge in [-0.3, -0.25) is 0 Å². The molecule has 0 bridgehead atoms. The van der Waals surface area contributed by atoms with Crippen molar-refractivity contribution in [1.29, 1.82) is 0 Å². The van der Waals surface area contributed by atoms with Crippen molar-refractivity contribution in [3.8, 4) is 0 Å². The number of aliphatic hydroxyl groups excluding tert-OH is 9. The summed E-state index contributed by atoms with van der Waals surface area (Å²) < 4.78 is 49.3. The van der Waals surface area contributed by atoms with Crippen molar-refractivity contribution in [2.24, 2.45) is 46.3 Å². The smallest absolute Gasteiger partial charge is 0.189 e. The number of fused-ring (bicyclic) bond motifs is 7. The van der Waals surface area contributed by atoms with Crippen LogP contribution in [0.5, 0.6) is 0 Å². The predicted octanol–water partition coefficient (Wildman–Crippen LogP) is 0.172. The highest BCUT2D eigenvalue weighted by Gasteiger charge is 2.69. The fraction of sp³-hybridized carbons (Fsp3) is 0.955. The number of aliphatic hydroxyl groups is 9. The Balaban J connectivity index is 0.916. The van der Waals surface area contributed by atoms with Crippen molar-refractivity contribution in [3.63, 3.8) is 0 Å². The summed E-state index contributed by atoms with van der Waals surface area (Å²) in [6.07, 6.45) is -13.3. The van der Waals surface area contributed by atoms with Gasteiger partial charge < -0.3 is 83.9 Å². The Morgan fingerprint density at radius 3 is 2.11 bits per heavy atom. The number of hydrogen-bond acceptors (Lipinski definition) is 17. The highest BCUT2D eigenvalue weighted by atomic mass is 16.8. The van der Waals surface area contributed by atoms with E-state index in [1.54, 1.807) is 0 Å². The van der Waals surface area contributed by atoms with Gasteiger partial charge in [-0.25, -0.2) is 0 Å². The normalized spacial score (nSPS) is 58.4. The second-order valence-electron chi connectivity index (χ2n) is 20.7. The molecule has 0 aromatic rings. The summed E-state index contributed by atoms with van der Waals surface area (Å²) in [6, 6.07) is 0. The lowest BCUT2D eigenvalue weighted by Gasteiger charge is -2.58. The van der Waals surface area contributed by atoms with Crippen molar-refractivity contribution < 1.29 is 83.9 Å². The van der Waals surface area contributed by atoms with Crippen LogP contribution in [0.4, 0.5) is 0 Å². The number of ether oxygens (including phenoxy) is 8. The van der Waals surface area contributed by atoms with Crippen LogP contribution in [0.2, 0.25) is 0 Å². The van der Waals surface area contributed by atoms with E-state index in [0.29, 0.717) is 48.3 Å². The summed E-state index contributed by atoms with van der Waals surface area (Å²) in [4.78, 5) is 0. The molecule has 0 aromatic heterocycles. The summed E-state index contributed by atoms with van der Waals surface area (Å²) in [5.41, 5.74) is 1.46. The minimum atomic E-state index is -1.94. The van der Waals surface area contributed by atoms with Crippen LogP contribution in [0.1, 0.15) is 92.4 Å². The zero-order valence-corrected chi connectivity index (χ0v) is 35.9. The Kier molecular flexibility index (Phi) is 12.4. The average molecular weight is 871 g/mol. The standard InChI is InChI=1S/C44H70O17/c1-18-8-13-44(54-17-18)19(2)28-26(61-44)15-25-23-7-6-21-14-22(9-11-42(21,4)24(23)10-12-43(25,28)5)56-41-37(59-40-34(51)31(48)32(49)38(53)60-40)35(52)36(27(16-45)57-41)58-39-33(50)30(47)29(46)20(3)55-39/h6,18-20,22-41,45-53H,7-17H2,1-5H3/t18-,19+,20?,22?,23-,24+,25+,26+,27?,28+,29+,30?,31?,32-,33?,34?,35?,36-,37?,38?,39+,40-,41-,42+,43+,44-/m1/s1. The lowest BCUT2D eigenvalue weighted by atomic mass is 9.47. The summed E-state index contributed by atoms with van der Waals surface area (Å²) >= 11 is 0. The maximum Gasteiger partial charge on any atom is 0.189 e. The van der Waals surface area contributed by atoms with Gasteiger partial charge >= 0.3 is 0 Å². The van der Waals surface area contributed by atoms with Crippen LogP contribution >= 0.6 is 0 Å². The zero-order chi connectivity index (χ0) is 43.5. The van der Waals surface area contributed by atoms with Crippen LogP contribution in [0.3, 0.4) is 0 Å². The lowest BCUT2D eigenvalue weighted by molar-refractivity contribution is -0.400. The van der Waals surface area contributed by atoms with Crippen LogP contribution in [0.25, 0.3) is 0 Å². The topological polar surface area (TPSA) is 256 Å². The molecule has 0 aromatic carbocycles. The van der Waals surface area contributed by atoms with E-state index in [0.717, 1.165) is 51.6 Å². The molecule has 9 aliphatic rings. The van der Waals surface area contributed by atoms with E-state index in [9.17, 15) is 46.0 Å². The highest BCUT2D eigenvalue weighted by molar-refractivity contribution is 5.26. The molecule has 10 unspecified atom stereocenters. The molecule has 0 radical (unpaired) electrons. The second-order valence-corrected chi connectivity index (χ2v) is 20.7. The predicted molar refractivity (Wildman–Crippen MR) is 209 cm³/mol. The monoisotopic (exact) mass is 870 g/mol. The largest absolute Gasteiger partial charge is 0.394 e. The van der Waals surface area contributed by atoms with Crippen LogP contribution in [-0.4, -0.2) is 169 Å². The minimum Gasteiger partial charge on any atom is -0.394 e. The maximum absolute atomic E-state index is 11.9. The van der Waals surface area contributed by atoms with Gasteiger partial charge in [-0.1, -0.05) is 39.3 Å². The molecule has 9 N–H and O–H groups in total. The molecule has 61 heavy (non-hydrogen) atoms. The zero-order valence-electron chi connectivity index (χ0n) is 35.9. The summed E-state index contributed by atoms with van der Waals surface area (Å²) in [7, 11) is 0. The van der Waals surface area contributed by atoms with E-state index in [2.05, 4.69) is 33.8 Å². The number of rotatable bonds is 7. The van der Waals surface area contributed by atoms with E-state index < -0.39 is 111 Å². The summed E-state index contributed by atoms with van der Waals surface area (Å²) in [5.74, 6) is 2.53. The van der Waals surface area contributed by atoms with Gasteiger partial charge in [0.25, 0.3) is 0 Å². The van der Waals surface area contributed by atoms with E-state index in [-0.39, 0.29) is 16.9 Å². The van der Waals surface area contributed by atoms with Gasteiger partial charge in [-0.05, 0) is 98.7 Å². The van der Waals surface area contributed by atoms with Crippen molar-refractivity contribution in [2.45, 2.75) is 203 Å². The Morgan fingerprint density at radius 1 is 0.705 bits per heavy atom. The maximum atomic E-state index is 11.9. The molecule has 17 nitrogen and oxygen atoms in total. The van der Waals surface area contributed by atoms with Crippen LogP contribution in [-0.2, 0) is 37.9 Å². The average Bonchev–Trinajstić information content (AvgIpc) is 3.69. The minimum absolute atomic E-state index is 0.0448. The van der Waals surface area contributed by atoms with E-state index >= 15 is 0 Å². The fourth-order valence-electron chi connectivity index (χ4n) is 13.8. The van der Waals surface area contributed by atoms with Crippen LogP contribution in [0.15, 0.2) is 11.6 Å². The second kappa shape index (κ2) is 16.7. The number of allylic oxidation sites excluding steroid dienone is 1. The first-order valence-electron chi connectivity index (χ1n) is 22.9. The molecular weight excluding hydrogens is 800 g/mol. The SMILES string of the molecule is CC1O[C@@H](O[C@@H]2C(CO)O[C@@H](OC3CC[C@@]4(C)C(=CC[C@H]5[C@@H]6C[C@@H]7O[C@]8(CC[C@@H](C)CO8)[C@@H](C)[C@@H]7[C@@]6(C)CC[C@@H]54)C3)C(O[C@@H]3OC(O)[C@H](O)C(O)C3O)C2O)C(O)C(O)[C@H]1O. The molecule has 4 aliphatic carbocycles. The van der Waals surface area contributed by atoms with Crippen molar-refractivity contribution >= 4 is 0 Å². The quantitative estimate of drug-likeness (QED) is 0.155. The third-order valence-electron chi connectivity index (χ3n) is 17.4. The van der Waals surface area contributed by atoms with E-state index in [1.807, 2.05) is 0 Å². The van der Waals surface area contributed by atoms with E-state index in [4.69, 9.17) is 37.9 Å². The Bertz CT molecular complexity index is 1590. The third-order valence-corrected chi connectivity index (χ3v) is 17.4. The molecule has 17 heteroatoms. The van der Waals surface area contributed by atoms with Crippen molar-refractivity contribution in [2.75, 3.05) is 13.2 Å². The first-order valence-corrected chi connectivity index (χ1v) is 22.9. The van der Waals surface area contributed by atoms with Gasteiger partial charge in [-0.15, -0.1) is 0 Å². The van der Waals surface area contributed by atoms with Gasteiger partial charge in [0.15, 0.2) is 30.9 Å². The molecule has 348 valence electrons. The first kappa shape index (κ1) is 45.2. The lowest BCUT2D eigenvalue weighted by Crippen LogP contribution is -2.66. The number of hydrogen-bond donors (Lipinski definition) is 9. The molecule has 26 atom stereocenters. The molecule has 1 spiro atoms. The van der Waals surface area contributed by atoms with Gasteiger partial charge in [0.2, 0.25) is 0 Å². The Labute approximate surface area is 357 Å². The van der Waals surface area contributed by atoms with Gasteiger partial charge in [-0.2, -0.15) is 0 Å². The molecule has 0 amide bonds. The van der Waals surface area contributed by atoms with Crippen LogP contribution in [0, 0.1) is 46.3 Å². The Morgan fingerprint density at radius 2 is 1.41 bits per heavy atom. The van der Waals surface area contributed by atoms with E-state index in [1.165, 1.54) is 12.5 Å². The summed E-state index contributed by atoms with van der Waals surface area (Å²) in [5, 5.41) is 95.5. The fourth-order valence-corrected chi connectivity index (χ4v) is 13.8. The Hall–Kier alpha value is -0.940. The molecule has 5 aliphatic heterocycles. The first-order chi connectivity index (χ1) is 28.9. The molecule has 3 saturated carbocycles. The van der Waals surface area contributed by atoms with Gasteiger partial charge in [0.05, 0.1) is 31.5 Å². The van der Waals surface area contributed by atoms with Crippen LogP contribution < -0.4 is 0 Å². The highest BCUT2D eigenvalue weighted by Crippen LogP contribution is 2.70. The summed E-state index contributed by atoms with van der Waals surface area (Å²) in [6.45, 7) is 11.1.